The molecule has 0 bridgehead atoms. The van der Waals surface area contributed by atoms with E-state index in [1.165, 1.54) is 0 Å². The molecule has 1 rings (SSSR count). The average Bonchev–Trinajstić information content (AvgIpc) is 2.20. The lowest BCUT2D eigenvalue weighted by Crippen LogP contribution is -2.02. The lowest BCUT2D eigenvalue weighted by atomic mass is 10.2. The number of rotatable bonds is 4. The van der Waals surface area contributed by atoms with Crippen molar-refractivity contribution in [2.75, 3.05) is 6.61 Å². The highest BCUT2D eigenvalue weighted by Gasteiger charge is 2.05. The number of hydrogen-bond donors (Lipinski definition) is 1. The van der Waals surface area contributed by atoms with Crippen LogP contribution in [0.3, 0.4) is 0 Å². The maximum absolute atomic E-state index is 5.60. The summed E-state index contributed by atoms with van der Waals surface area (Å²) in [5.41, 5.74) is 6.62. The van der Waals surface area contributed by atoms with Crippen LogP contribution in [0.15, 0.2) is 34.8 Å². The second-order valence-corrected chi connectivity index (χ2v) is 3.67. The zero-order valence-corrected chi connectivity index (χ0v) is 9.75. The van der Waals surface area contributed by atoms with Crippen LogP contribution in [-0.4, -0.2) is 6.61 Å². The first-order chi connectivity index (χ1) is 6.79. The van der Waals surface area contributed by atoms with Gasteiger partial charge in [0.15, 0.2) is 0 Å². The van der Waals surface area contributed by atoms with E-state index < -0.39 is 0 Å². The second kappa shape index (κ2) is 5.83. The summed E-state index contributed by atoms with van der Waals surface area (Å²) in [6.45, 7) is 3.03. The van der Waals surface area contributed by atoms with Crippen molar-refractivity contribution >= 4 is 15.9 Å². The molecule has 14 heavy (non-hydrogen) atoms. The Balaban J connectivity index is 2.82. The van der Waals surface area contributed by atoms with Gasteiger partial charge in [-0.15, -0.1) is 0 Å². The standard InChI is InChI=1S/C11H14BrNO/c1-2-3-7-14-11-9(8-13)5-4-6-10(11)12/h2-6H,7-8,13H2,1H3. The first-order valence-corrected chi connectivity index (χ1v) is 5.30. The van der Waals surface area contributed by atoms with Crippen molar-refractivity contribution in [2.24, 2.45) is 5.73 Å². The molecular formula is C11H14BrNO. The third kappa shape index (κ3) is 2.86. The number of ether oxygens (including phenoxy) is 1. The van der Waals surface area contributed by atoms with Crippen molar-refractivity contribution in [2.45, 2.75) is 13.5 Å². The van der Waals surface area contributed by atoms with Gasteiger partial charge in [0.2, 0.25) is 0 Å². The molecule has 0 fully saturated rings. The van der Waals surface area contributed by atoms with Crippen LogP contribution in [0.25, 0.3) is 0 Å². The molecule has 0 atom stereocenters. The fourth-order valence-electron chi connectivity index (χ4n) is 1.10. The molecule has 1 aromatic carbocycles. The molecule has 0 spiro atoms. The van der Waals surface area contributed by atoms with Crippen LogP contribution in [0.5, 0.6) is 5.75 Å². The predicted molar refractivity (Wildman–Crippen MR) is 62.3 cm³/mol. The van der Waals surface area contributed by atoms with Gasteiger partial charge in [-0.3, -0.25) is 0 Å². The minimum Gasteiger partial charge on any atom is -0.488 e. The Morgan fingerprint density at radius 1 is 1.50 bits per heavy atom. The van der Waals surface area contributed by atoms with E-state index in [1.807, 2.05) is 37.3 Å². The Morgan fingerprint density at radius 3 is 2.93 bits per heavy atom. The van der Waals surface area contributed by atoms with E-state index in [0.717, 1.165) is 15.8 Å². The van der Waals surface area contributed by atoms with Crippen LogP contribution in [0.4, 0.5) is 0 Å². The molecule has 1 aromatic rings. The minimum atomic E-state index is 0.491. The van der Waals surface area contributed by atoms with Crippen molar-refractivity contribution in [1.29, 1.82) is 0 Å². The lowest BCUT2D eigenvalue weighted by Gasteiger charge is -2.10. The molecule has 0 saturated carbocycles. The molecule has 2 nitrogen and oxygen atoms in total. The fourth-order valence-corrected chi connectivity index (χ4v) is 1.63. The molecule has 76 valence electrons. The van der Waals surface area contributed by atoms with Crippen LogP contribution < -0.4 is 10.5 Å². The van der Waals surface area contributed by atoms with Crippen LogP contribution in [-0.2, 0) is 6.54 Å². The Labute approximate surface area is 92.9 Å². The largest absolute Gasteiger partial charge is 0.488 e. The Kier molecular flexibility index (Phi) is 4.70. The van der Waals surface area contributed by atoms with Gasteiger partial charge in [-0.2, -0.15) is 0 Å². The maximum Gasteiger partial charge on any atom is 0.138 e. The van der Waals surface area contributed by atoms with Gasteiger partial charge in [-0.25, -0.2) is 0 Å². The van der Waals surface area contributed by atoms with Crippen LogP contribution in [0, 0.1) is 0 Å². The van der Waals surface area contributed by atoms with Gasteiger partial charge < -0.3 is 10.5 Å². The minimum absolute atomic E-state index is 0.491. The summed E-state index contributed by atoms with van der Waals surface area (Å²) in [5.74, 6) is 0.841. The Hall–Kier alpha value is -0.800. The topological polar surface area (TPSA) is 35.2 Å². The fraction of sp³-hybridized carbons (Fsp3) is 0.273. The number of hydrogen-bond acceptors (Lipinski definition) is 2. The van der Waals surface area contributed by atoms with Crippen molar-refractivity contribution in [3.63, 3.8) is 0 Å². The maximum atomic E-state index is 5.60. The van der Waals surface area contributed by atoms with Gasteiger partial charge in [0.05, 0.1) is 4.47 Å². The third-order valence-electron chi connectivity index (χ3n) is 1.83. The van der Waals surface area contributed by atoms with Crippen molar-refractivity contribution in [1.82, 2.24) is 0 Å². The van der Waals surface area contributed by atoms with E-state index in [9.17, 15) is 0 Å². The Bertz CT molecular complexity index is 323. The first-order valence-electron chi connectivity index (χ1n) is 4.51. The molecular weight excluding hydrogens is 242 g/mol. The number of allylic oxidation sites excluding steroid dienone is 1. The van der Waals surface area contributed by atoms with Crippen LogP contribution in [0.2, 0.25) is 0 Å². The summed E-state index contributed by atoms with van der Waals surface area (Å²) < 4.78 is 6.53. The van der Waals surface area contributed by atoms with Gasteiger partial charge in [-0.05, 0) is 28.9 Å². The molecule has 3 heteroatoms. The summed E-state index contributed by atoms with van der Waals surface area (Å²) in [6.07, 6.45) is 3.92. The zero-order chi connectivity index (χ0) is 10.4. The predicted octanol–water partition coefficient (Wildman–Crippen LogP) is 2.86. The van der Waals surface area contributed by atoms with Crippen LogP contribution >= 0.6 is 15.9 Å². The molecule has 0 unspecified atom stereocenters. The number of halogens is 1. The highest BCUT2D eigenvalue weighted by atomic mass is 79.9. The molecule has 0 aliphatic carbocycles. The van der Waals surface area contributed by atoms with Gasteiger partial charge in [0.25, 0.3) is 0 Å². The molecule has 0 saturated heterocycles. The van der Waals surface area contributed by atoms with E-state index in [1.54, 1.807) is 0 Å². The Morgan fingerprint density at radius 2 is 2.29 bits per heavy atom. The van der Waals surface area contributed by atoms with E-state index in [0.29, 0.717) is 13.2 Å². The van der Waals surface area contributed by atoms with Crippen molar-refractivity contribution in [3.8, 4) is 5.75 Å². The molecule has 0 aliphatic rings. The monoisotopic (exact) mass is 255 g/mol. The number of benzene rings is 1. The molecule has 0 radical (unpaired) electrons. The van der Waals surface area contributed by atoms with E-state index >= 15 is 0 Å². The molecule has 0 aliphatic heterocycles. The second-order valence-electron chi connectivity index (χ2n) is 2.81. The zero-order valence-electron chi connectivity index (χ0n) is 8.16. The van der Waals surface area contributed by atoms with Crippen molar-refractivity contribution < 1.29 is 4.74 Å². The number of para-hydroxylation sites is 1. The van der Waals surface area contributed by atoms with Crippen molar-refractivity contribution in [3.05, 3.63) is 40.4 Å². The third-order valence-corrected chi connectivity index (χ3v) is 2.45. The first kappa shape index (κ1) is 11.3. The van der Waals surface area contributed by atoms with E-state index in [2.05, 4.69) is 15.9 Å². The summed E-state index contributed by atoms with van der Waals surface area (Å²) in [4.78, 5) is 0. The lowest BCUT2D eigenvalue weighted by molar-refractivity contribution is 0.356. The van der Waals surface area contributed by atoms with Crippen LogP contribution in [0.1, 0.15) is 12.5 Å². The SMILES string of the molecule is CC=CCOc1c(Br)cccc1CN. The summed E-state index contributed by atoms with van der Waals surface area (Å²) in [7, 11) is 0. The molecule has 2 N–H and O–H groups in total. The van der Waals surface area contributed by atoms with Gasteiger partial charge in [0, 0.05) is 12.1 Å². The highest BCUT2D eigenvalue weighted by Crippen LogP contribution is 2.28. The highest BCUT2D eigenvalue weighted by molar-refractivity contribution is 9.10. The normalized spacial score (nSPS) is 10.8. The van der Waals surface area contributed by atoms with E-state index in [-0.39, 0.29) is 0 Å². The quantitative estimate of drug-likeness (QED) is 0.840. The smallest absolute Gasteiger partial charge is 0.138 e. The van der Waals surface area contributed by atoms with Gasteiger partial charge in [0.1, 0.15) is 12.4 Å². The summed E-state index contributed by atoms with van der Waals surface area (Å²) in [5, 5.41) is 0. The van der Waals surface area contributed by atoms with E-state index in [4.69, 9.17) is 10.5 Å². The van der Waals surface area contributed by atoms with Gasteiger partial charge in [-0.1, -0.05) is 24.3 Å². The average molecular weight is 256 g/mol. The number of nitrogens with two attached hydrogens (primary N) is 1. The molecule has 0 aromatic heterocycles. The summed E-state index contributed by atoms with van der Waals surface area (Å²) in [6, 6.07) is 5.87. The summed E-state index contributed by atoms with van der Waals surface area (Å²) >= 11 is 3.44. The molecule has 0 amide bonds. The molecule has 0 heterocycles. The van der Waals surface area contributed by atoms with Gasteiger partial charge >= 0.3 is 0 Å².